The highest BCUT2D eigenvalue weighted by Crippen LogP contribution is 2.40. The van der Waals surface area contributed by atoms with E-state index in [4.69, 9.17) is 4.74 Å². The van der Waals surface area contributed by atoms with Gasteiger partial charge < -0.3 is 15.4 Å². The Kier molecular flexibility index (Phi) is 4.15. The first-order chi connectivity index (χ1) is 10.9. The van der Waals surface area contributed by atoms with Crippen LogP contribution in [0, 0.1) is 0 Å². The van der Waals surface area contributed by atoms with E-state index < -0.39 is 17.6 Å². The van der Waals surface area contributed by atoms with Crippen molar-refractivity contribution in [3.8, 4) is 5.88 Å². The molecule has 1 fully saturated rings. The molecule has 1 aliphatic heterocycles. The maximum Gasteiger partial charge on any atom is 0.418 e. The van der Waals surface area contributed by atoms with Crippen LogP contribution < -0.4 is 15.4 Å². The lowest BCUT2D eigenvalue weighted by atomic mass is 10.2. The smallest absolute Gasteiger partial charge is 0.418 e. The fourth-order valence-electron chi connectivity index (χ4n) is 2.45. The number of halogens is 3. The largest absolute Gasteiger partial charge is 0.473 e. The molecule has 5 nitrogen and oxygen atoms in total. The molecule has 0 radical (unpaired) electrons. The van der Waals surface area contributed by atoms with E-state index in [1.54, 1.807) is 0 Å². The molecular weight excluding hydrogens is 331 g/mol. The van der Waals surface area contributed by atoms with Gasteiger partial charge >= 0.3 is 6.18 Å². The summed E-state index contributed by atoms with van der Waals surface area (Å²) >= 11 is 0.851. The summed E-state index contributed by atoms with van der Waals surface area (Å²) in [4.78, 5) is 16.0. The highest BCUT2D eigenvalue weighted by Gasteiger charge is 2.35. The van der Waals surface area contributed by atoms with E-state index in [-0.39, 0.29) is 27.8 Å². The van der Waals surface area contributed by atoms with Crippen LogP contribution in [0.25, 0.3) is 10.2 Å². The number of alkyl halides is 3. The van der Waals surface area contributed by atoms with Crippen molar-refractivity contribution in [1.82, 2.24) is 15.6 Å². The van der Waals surface area contributed by atoms with Crippen LogP contribution in [0.4, 0.5) is 13.2 Å². The number of pyridine rings is 1. The van der Waals surface area contributed by atoms with Crippen molar-refractivity contribution in [2.75, 3.05) is 20.1 Å². The molecule has 0 spiro atoms. The molecule has 3 rings (SSSR count). The number of hydrogen-bond acceptors (Lipinski definition) is 5. The van der Waals surface area contributed by atoms with Gasteiger partial charge in [0.05, 0.1) is 21.3 Å². The number of hydrogen-bond donors (Lipinski definition) is 2. The van der Waals surface area contributed by atoms with Crippen LogP contribution in [0.1, 0.15) is 22.3 Å². The van der Waals surface area contributed by atoms with Crippen LogP contribution in [0.3, 0.4) is 0 Å². The highest BCUT2D eigenvalue weighted by molar-refractivity contribution is 7.17. The van der Waals surface area contributed by atoms with Crippen molar-refractivity contribution in [2.45, 2.75) is 18.7 Å². The molecule has 0 unspecified atom stereocenters. The van der Waals surface area contributed by atoms with E-state index >= 15 is 0 Å². The van der Waals surface area contributed by atoms with E-state index in [0.717, 1.165) is 23.9 Å². The zero-order chi connectivity index (χ0) is 16.6. The summed E-state index contributed by atoms with van der Waals surface area (Å²) in [5, 5.41) is 6.86. The van der Waals surface area contributed by atoms with Gasteiger partial charge in [-0.1, -0.05) is 0 Å². The number of nitrogens with one attached hydrogen (secondary N) is 2. The van der Waals surface area contributed by atoms with Crippen LogP contribution in [0.2, 0.25) is 0 Å². The Hall–Kier alpha value is -1.87. The summed E-state index contributed by atoms with van der Waals surface area (Å²) in [5.74, 6) is -0.585. The zero-order valence-corrected chi connectivity index (χ0v) is 13.0. The summed E-state index contributed by atoms with van der Waals surface area (Å²) in [6.45, 7) is 1.31. The third kappa shape index (κ3) is 3.11. The fourth-order valence-corrected chi connectivity index (χ4v) is 3.47. The highest BCUT2D eigenvalue weighted by atomic mass is 32.1. The molecule has 9 heteroatoms. The van der Waals surface area contributed by atoms with Gasteiger partial charge in [-0.3, -0.25) is 4.79 Å². The number of thiophene rings is 1. The van der Waals surface area contributed by atoms with Crippen LogP contribution >= 0.6 is 11.3 Å². The molecule has 2 aromatic rings. The van der Waals surface area contributed by atoms with Crippen molar-refractivity contribution < 1.29 is 22.7 Å². The Morgan fingerprint density at radius 1 is 1.52 bits per heavy atom. The summed E-state index contributed by atoms with van der Waals surface area (Å²) in [7, 11) is 1.42. The van der Waals surface area contributed by atoms with Gasteiger partial charge in [-0.15, -0.1) is 11.3 Å². The van der Waals surface area contributed by atoms with E-state index in [0.29, 0.717) is 13.0 Å². The topological polar surface area (TPSA) is 63.2 Å². The number of rotatable bonds is 3. The van der Waals surface area contributed by atoms with Crippen molar-refractivity contribution in [1.29, 1.82) is 0 Å². The fraction of sp³-hybridized carbons (Fsp3) is 0.429. The number of carbonyl (C=O) groups excluding carboxylic acids is 1. The summed E-state index contributed by atoms with van der Waals surface area (Å²) < 4.78 is 45.4. The molecule has 2 N–H and O–H groups in total. The number of aromatic nitrogens is 1. The Morgan fingerprint density at radius 3 is 2.91 bits per heavy atom. The monoisotopic (exact) mass is 345 g/mol. The van der Waals surface area contributed by atoms with Gasteiger partial charge in [0.25, 0.3) is 5.91 Å². The van der Waals surface area contributed by atoms with Crippen LogP contribution in [-0.4, -0.2) is 37.1 Å². The average molecular weight is 345 g/mol. The van der Waals surface area contributed by atoms with E-state index in [1.807, 2.05) is 0 Å². The van der Waals surface area contributed by atoms with Gasteiger partial charge in [0.1, 0.15) is 6.10 Å². The molecule has 124 valence electrons. The quantitative estimate of drug-likeness (QED) is 0.897. The van der Waals surface area contributed by atoms with Crippen molar-refractivity contribution in [3.05, 3.63) is 22.6 Å². The predicted molar refractivity (Wildman–Crippen MR) is 79.9 cm³/mol. The molecule has 1 aliphatic rings. The molecule has 0 aromatic carbocycles. The lowest BCUT2D eigenvalue weighted by Gasteiger charge is -2.14. The zero-order valence-electron chi connectivity index (χ0n) is 12.2. The molecule has 1 atom stereocenters. The van der Waals surface area contributed by atoms with Gasteiger partial charge in [-0.05, 0) is 13.0 Å². The standard InChI is InChI=1S/C14H14F3N3O2S/c1-18-13(21)8-6-23-12-9(14(15,16)17)4-10(20-11(8)12)22-7-2-3-19-5-7/h4,6-7,19H,2-3,5H2,1H3,(H,18,21)/t7-/m0/s1. The van der Waals surface area contributed by atoms with Crippen LogP contribution in [0.5, 0.6) is 5.88 Å². The lowest BCUT2D eigenvalue weighted by Crippen LogP contribution is -2.21. The molecular formula is C14H14F3N3O2S. The Bertz CT molecular complexity index is 739. The molecule has 0 saturated carbocycles. The van der Waals surface area contributed by atoms with Crippen molar-refractivity contribution in [2.24, 2.45) is 0 Å². The Balaban J connectivity index is 2.11. The molecule has 3 heterocycles. The number of ether oxygens (including phenoxy) is 1. The third-order valence-electron chi connectivity index (χ3n) is 3.58. The van der Waals surface area contributed by atoms with Gasteiger partial charge in [-0.25, -0.2) is 4.98 Å². The average Bonchev–Trinajstić information content (AvgIpc) is 3.14. The number of carbonyl (C=O) groups is 1. The minimum absolute atomic E-state index is 0.0186. The van der Waals surface area contributed by atoms with Gasteiger partial charge in [0.2, 0.25) is 5.88 Å². The summed E-state index contributed by atoms with van der Waals surface area (Å²) in [6.07, 6.45) is -4.06. The first-order valence-corrected chi connectivity index (χ1v) is 7.87. The van der Waals surface area contributed by atoms with Crippen LogP contribution in [0.15, 0.2) is 11.4 Å². The second-order valence-electron chi connectivity index (χ2n) is 5.14. The SMILES string of the molecule is CNC(=O)c1csc2c(C(F)(F)F)cc(O[C@H]3CCNC3)nc12. The van der Waals surface area contributed by atoms with Gasteiger partial charge in [-0.2, -0.15) is 13.2 Å². The second kappa shape index (κ2) is 5.97. The number of nitrogens with zero attached hydrogens (tertiary/aromatic N) is 1. The summed E-state index contributed by atoms with van der Waals surface area (Å²) in [6, 6.07) is 0.908. The lowest BCUT2D eigenvalue weighted by molar-refractivity contribution is -0.136. The third-order valence-corrected chi connectivity index (χ3v) is 4.58. The number of fused-ring (bicyclic) bond motifs is 1. The van der Waals surface area contributed by atoms with Gasteiger partial charge in [0.15, 0.2) is 0 Å². The van der Waals surface area contributed by atoms with Crippen molar-refractivity contribution >= 4 is 27.5 Å². The normalized spacial score (nSPS) is 18.3. The molecule has 1 amide bonds. The number of amides is 1. The van der Waals surface area contributed by atoms with Crippen molar-refractivity contribution in [3.63, 3.8) is 0 Å². The van der Waals surface area contributed by atoms with E-state index in [2.05, 4.69) is 15.6 Å². The molecule has 2 aromatic heterocycles. The van der Waals surface area contributed by atoms with Gasteiger partial charge in [0, 0.05) is 25.0 Å². The first kappa shape index (κ1) is 16.0. The molecule has 0 aliphatic carbocycles. The summed E-state index contributed by atoms with van der Waals surface area (Å²) in [5.41, 5.74) is -0.693. The predicted octanol–water partition coefficient (Wildman–Crippen LogP) is 2.42. The molecule has 0 bridgehead atoms. The second-order valence-corrected chi connectivity index (χ2v) is 6.02. The Labute approximate surface area is 133 Å². The van der Waals surface area contributed by atoms with Crippen LogP contribution in [-0.2, 0) is 6.18 Å². The maximum atomic E-state index is 13.3. The molecule has 1 saturated heterocycles. The Morgan fingerprint density at radius 2 is 2.30 bits per heavy atom. The van der Waals surface area contributed by atoms with E-state index in [9.17, 15) is 18.0 Å². The minimum atomic E-state index is -4.54. The maximum absolute atomic E-state index is 13.3. The minimum Gasteiger partial charge on any atom is -0.473 e. The first-order valence-electron chi connectivity index (χ1n) is 6.99. The molecule has 23 heavy (non-hydrogen) atoms. The van der Waals surface area contributed by atoms with E-state index in [1.165, 1.54) is 12.4 Å².